The summed E-state index contributed by atoms with van der Waals surface area (Å²) >= 11 is 0. The number of carbonyl (C=O) groups is 1. The van der Waals surface area contributed by atoms with E-state index in [0.717, 1.165) is 12.1 Å². The molecule has 0 aromatic heterocycles. The maximum Gasteiger partial charge on any atom is 0.332 e. The quantitative estimate of drug-likeness (QED) is 0.676. The largest absolute Gasteiger partial charge is 0.479 e. The molecule has 100 valence electrons. The fraction of sp³-hybridized carbons (Fsp3) is 0.300. The molecule has 1 rings (SSSR count). The van der Waals surface area contributed by atoms with Gasteiger partial charge in [0, 0.05) is 6.54 Å². The summed E-state index contributed by atoms with van der Waals surface area (Å²) in [6.07, 6.45) is -1.91. The summed E-state index contributed by atoms with van der Waals surface area (Å²) in [4.78, 5) is 10.0. The van der Waals surface area contributed by atoms with Crippen LogP contribution in [0.2, 0.25) is 0 Å². The van der Waals surface area contributed by atoms with E-state index in [2.05, 4.69) is 4.72 Å². The van der Waals surface area contributed by atoms with Gasteiger partial charge in [-0.15, -0.1) is 0 Å². The Bertz CT molecular complexity index is 531. The van der Waals surface area contributed by atoms with Gasteiger partial charge in [0.05, 0.1) is 4.90 Å². The molecule has 8 heteroatoms. The SMILES string of the molecule is O=C(O)C(O)CCNS(=O)(=O)c1cccc(F)c1. The first kappa shape index (κ1) is 14.6. The summed E-state index contributed by atoms with van der Waals surface area (Å²) in [5.41, 5.74) is 0. The van der Waals surface area contributed by atoms with E-state index in [1.54, 1.807) is 0 Å². The second-order valence-electron chi connectivity index (χ2n) is 3.50. The van der Waals surface area contributed by atoms with Crippen molar-refractivity contribution in [1.82, 2.24) is 4.72 Å². The van der Waals surface area contributed by atoms with Crippen LogP contribution in [0.1, 0.15) is 6.42 Å². The van der Waals surface area contributed by atoms with Crippen LogP contribution >= 0.6 is 0 Å². The number of aliphatic carboxylic acids is 1. The lowest BCUT2D eigenvalue weighted by Gasteiger charge is -2.08. The monoisotopic (exact) mass is 277 g/mol. The summed E-state index contributed by atoms with van der Waals surface area (Å²) < 4.78 is 38.2. The number of aliphatic hydroxyl groups excluding tert-OH is 1. The van der Waals surface area contributed by atoms with Gasteiger partial charge in [0.1, 0.15) is 5.82 Å². The molecule has 0 bridgehead atoms. The summed E-state index contributed by atoms with van der Waals surface area (Å²) in [5, 5.41) is 17.3. The minimum atomic E-state index is -3.90. The lowest BCUT2D eigenvalue weighted by molar-refractivity contribution is -0.146. The number of sulfonamides is 1. The van der Waals surface area contributed by atoms with Gasteiger partial charge in [0.15, 0.2) is 6.10 Å². The summed E-state index contributed by atoms with van der Waals surface area (Å²) in [5.74, 6) is -2.12. The number of hydrogen-bond acceptors (Lipinski definition) is 4. The zero-order valence-electron chi connectivity index (χ0n) is 9.21. The summed E-state index contributed by atoms with van der Waals surface area (Å²) in [7, 11) is -3.90. The molecule has 0 saturated heterocycles. The molecule has 0 amide bonds. The van der Waals surface area contributed by atoms with Crippen LogP contribution in [0.25, 0.3) is 0 Å². The molecule has 6 nitrogen and oxygen atoms in total. The van der Waals surface area contributed by atoms with Crippen LogP contribution in [-0.2, 0) is 14.8 Å². The minimum absolute atomic E-state index is 0.257. The molecule has 0 fully saturated rings. The normalized spacial score (nSPS) is 13.2. The topological polar surface area (TPSA) is 104 Å². The third-order valence-corrected chi connectivity index (χ3v) is 3.56. The molecule has 0 heterocycles. The van der Waals surface area contributed by atoms with Crippen molar-refractivity contribution >= 4 is 16.0 Å². The van der Waals surface area contributed by atoms with Gasteiger partial charge >= 0.3 is 5.97 Å². The average molecular weight is 277 g/mol. The zero-order chi connectivity index (χ0) is 13.8. The van der Waals surface area contributed by atoms with E-state index in [-0.39, 0.29) is 17.9 Å². The van der Waals surface area contributed by atoms with Gasteiger partial charge in [-0.05, 0) is 24.6 Å². The van der Waals surface area contributed by atoms with E-state index in [9.17, 15) is 17.6 Å². The van der Waals surface area contributed by atoms with E-state index >= 15 is 0 Å². The molecule has 1 aromatic rings. The Hall–Kier alpha value is -1.51. The van der Waals surface area contributed by atoms with Crippen LogP contribution < -0.4 is 4.72 Å². The number of benzene rings is 1. The molecule has 1 atom stereocenters. The van der Waals surface area contributed by atoms with E-state index in [1.165, 1.54) is 12.1 Å². The third-order valence-electron chi connectivity index (χ3n) is 2.10. The maximum absolute atomic E-state index is 12.8. The van der Waals surface area contributed by atoms with Crippen molar-refractivity contribution in [3.8, 4) is 0 Å². The molecular weight excluding hydrogens is 265 g/mol. The van der Waals surface area contributed by atoms with Gasteiger partial charge in [0.2, 0.25) is 10.0 Å². The predicted octanol–water partition coefficient (Wildman–Crippen LogP) is -0.0604. The molecule has 0 radical (unpaired) electrons. The number of carboxylic acid groups (broad SMARTS) is 1. The van der Waals surface area contributed by atoms with E-state index in [0.29, 0.717) is 0 Å². The van der Waals surface area contributed by atoms with Crippen LogP contribution in [-0.4, -0.2) is 37.2 Å². The summed E-state index contributed by atoms with van der Waals surface area (Å²) in [6.45, 7) is -0.258. The molecule has 0 saturated carbocycles. The number of carboxylic acids is 1. The molecule has 0 spiro atoms. The molecular formula is C10H12FNO5S. The van der Waals surface area contributed by atoms with Crippen molar-refractivity contribution in [3.05, 3.63) is 30.1 Å². The predicted molar refractivity (Wildman–Crippen MR) is 59.8 cm³/mol. The molecule has 1 aromatic carbocycles. The molecule has 0 aliphatic rings. The second kappa shape index (κ2) is 5.89. The smallest absolute Gasteiger partial charge is 0.332 e. The average Bonchev–Trinajstić information content (AvgIpc) is 2.28. The van der Waals surface area contributed by atoms with Crippen molar-refractivity contribution in [2.75, 3.05) is 6.54 Å². The van der Waals surface area contributed by atoms with Gasteiger partial charge in [-0.25, -0.2) is 22.3 Å². The Morgan fingerprint density at radius 3 is 2.67 bits per heavy atom. The van der Waals surface area contributed by atoms with Crippen LogP contribution in [0.3, 0.4) is 0 Å². The number of aliphatic hydroxyl groups is 1. The Balaban J connectivity index is 2.64. The Morgan fingerprint density at radius 1 is 1.44 bits per heavy atom. The maximum atomic E-state index is 12.8. The van der Waals surface area contributed by atoms with E-state index in [4.69, 9.17) is 10.2 Å². The first-order chi connectivity index (χ1) is 8.33. The van der Waals surface area contributed by atoms with Crippen molar-refractivity contribution in [1.29, 1.82) is 0 Å². The summed E-state index contributed by atoms with van der Waals surface area (Å²) in [6, 6.07) is 4.40. The van der Waals surface area contributed by atoms with Gasteiger partial charge < -0.3 is 10.2 Å². The van der Waals surface area contributed by atoms with Crippen molar-refractivity contribution in [2.45, 2.75) is 17.4 Å². The van der Waals surface area contributed by atoms with Crippen LogP contribution in [0, 0.1) is 5.82 Å². The molecule has 3 N–H and O–H groups in total. The standard InChI is InChI=1S/C10H12FNO5S/c11-7-2-1-3-8(6-7)18(16,17)12-5-4-9(13)10(14)15/h1-3,6,9,12-13H,4-5H2,(H,14,15). The minimum Gasteiger partial charge on any atom is -0.479 e. The van der Waals surface area contributed by atoms with Crippen molar-refractivity contribution < 1.29 is 27.8 Å². The van der Waals surface area contributed by atoms with Gasteiger partial charge in [-0.3, -0.25) is 0 Å². The van der Waals surface area contributed by atoms with Gasteiger partial charge in [0.25, 0.3) is 0 Å². The van der Waals surface area contributed by atoms with Gasteiger partial charge in [-0.1, -0.05) is 6.07 Å². The first-order valence-electron chi connectivity index (χ1n) is 4.99. The fourth-order valence-electron chi connectivity index (χ4n) is 1.17. The number of rotatable bonds is 6. The van der Waals surface area contributed by atoms with Crippen molar-refractivity contribution in [2.24, 2.45) is 0 Å². The fourth-order valence-corrected chi connectivity index (χ4v) is 2.25. The highest BCUT2D eigenvalue weighted by molar-refractivity contribution is 7.89. The number of hydrogen-bond donors (Lipinski definition) is 3. The third kappa shape index (κ3) is 4.06. The first-order valence-corrected chi connectivity index (χ1v) is 6.47. The molecule has 18 heavy (non-hydrogen) atoms. The molecule has 0 aliphatic carbocycles. The molecule has 1 unspecified atom stereocenters. The Kier molecular flexibility index (Phi) is 4.76. The van der Waals surface area contributed by atoms with Gasteiger partial charge in [-0.2, -0.15) is 0 Å². The highest BCUT2D eigenvalue weighted by Gasteiger charge is 2.17. The van der Waals surface area contributed by atoms with Crippen molar-refractivity contribution in [3.63, 3.8) is 0 Å². The highest BCUT2D eigenvalue weighted by atomic mass is 32.2. The Morgan fingerprint density at radius 2 is 2.11 bits per heavy atom. The Labute approximate surface area is 103 Å². The highest BCUT2D eigenvalue weighted by Crippen LogP contribution is 2.10. The number of halogens is 1. The lowest BCUT2D eigenvalue weighted by Crippen LogP contribution is -2.30. The van der Waals surface area contributed by atoms with Crippen LogP contribution in [0.5, 0.6) is 0 Å². The number of nitrogens with one attached hydrogen (secondary N) is 1. The zero-order valence-corrected chi connectivity index (χ0v) is 10.0. The molecule has 0 aliphatic heterocycles. The van der Waals surface area contributed by atoms with E-state index < -0.39 is 27.9 Å². The lowest BCUT2D eigenvalue weighted by atomic mass is 10.3. The van der Waals surface area contributed by atoms with E-state index in [1.807, 2.05) is 0 Å². The van der Waals surface area contributed by atoms with Crippen LogP contribution in [0.15, 0.2) is 29.2 Å². The second-order valence-corrected chi connectivity index (χ2v) is 5.26. The van der Waals surface area contributed by atoms with Crippen LogP contribution in [0.4, 0.5) is 4.39 Å².